The van der Waals surface area contributed by atoms with Gasteiger partial charge in [0.2, 0.25) is 0 Å². The average molecular weight is 421 g/mol. The second kappa shape index (κ2) is 10.1. The van der Waals surface area contributed by atoms with Gasteiger partial charge in [-0.05, 0) is 48.9 Å². The summed E-state index contributed by atoms with van der Waals surface area (Å²) in [4.78, 5) is 25.2. The first-order valence-electron chi connectivity index (χ1n) is 9.64. The molecule has 0 atom stereocenters. The number of nitrogens with zero attached hydrogens (tertiary/aromatic N) is 2. The predicted molar refractivity (Wildman–Crippen MR) is 117 cm³/mol. The number of carbonyl (C=O) groups excluding carboxylic acids is 1. The second-order valence-corrected chi connectivity index (χ2v) is 6.53. The molecule has 1 amide bonds. The smallest absolute Gasteiger partial charge is 0.276 e. The first-order valence-corrected chi connectivity index (χ1v) is 9.64. The van der Waals surface area contributed by atoms with E-state index in [1.807, 2.05) is 31.2 Å². The van der Waals surface area contributed by atoms with Crippen molar-refractivity contribution < 1.29 is 19.4 Å². The molecule has 8 nitrogen and oxygen atoms in total. The van der Waals surface area contributed by atoms with Crippen LogP contribution in [0.25, 0.3) is 0 Å². The maximum atomic E-state index is 12.7. The van der Waals surface area contributed by atoms with Gasteiger partial charge in [-0.25, -0.2) is 5.43 Å². The van der Waals surface area contributed by atoms with Gasteiger partial charge < -0.3 is 19.1 Å². The molecule has 0 fully saturated rings. The number of ether oxygens (including phenoxy) is 2. The molecule has 0 aliphatic carbocycles. The average Bonchev–Trinajstić information content (AvgIpc) is 2.78. The van der Waals surface area contributed by atoms with Crippen molar-refractivity contribution >= 4 is 12.1 Å². The highest BCUT2D eigenvalue weighted by Gasteiger charge is 2.12. The fraction of sp³-hybridized carbons (Fsp3) is 0.174. The number of hydrazone groups is 1. The van der Waals surface area contributed by atoms with E-state index in [0.29, 0.717) is 24.5 Å². The van der Waals surface area contributed by atoms with Gasteiger partial charge in [0.05, 0.1) is 26.5 Å². The van der Waals surface area contributed by atoms with Gasteiger partial charge in [-0.3, -0.25) is 9.59 Å². The lowest BCUT2D eigenvalue weighted by Crippen LogP contribution is -2.30. The van der Waals surface area contributed by atoms with Crippen LogP contribution in [-0.4, -0.2) is 35.5 Å². The van der Waals surface area contributed by atoms with Crippen LogP contribution in [0.15, 0.2) is 70.7 Å². The molecule has 3 aromatic rings. The fourth-order valence-electron chi connectivity index (χ4n) is 2.90. The van der Waals surface area contributed by atoms with Crippen LogP contribution in [0.2, 0.25) is 0 Å². The molecule has 1 heterocycles. The van der Waals surface area contributed by atoms with Crippen molar-refractivity contribution in [1.82, 2.24) is 9.99 Å². The summed E-state index contributed by atoms with van der Waals surface area (Å²) in [6, 6.07) is 15.3. The highest BCUT2D eigenvalue weighted by Crippen LogP contribution is 2.28. The minimum atomic E-state index is -0.647. The van der Waals surface area contributed by atoms with E-state index < -0.39 is 11.5 Å². The van der Waals surface area contributed by atoms with E-state index in [-0.39, 0.29) is 11.3 Å². The third kappa shape index (κ3) is 5.30. The van der Waals surface area contributed by atoms with Gasteiger partial charge in [0, 0.05) is 11.8 Å². The Bertz CT molecular complexity index is 1140. The number of pyridine rings is 1. The summed E-state index contributed by atoms with van der Waals surface area (Å²) >= 11 is 0. The van der Waals surface area contributed by atoms with E-state index in [9.17, 15) is 14.7 Å². The second-order valence-electron chi connectivity index (χ2n) is 6.53. The Morgan fingerprint density at radius 3 is 2.65 bits per heavy atom. The van der Waals surface area contributed by atoms with Crippen LogP contribution in [0.5, 0.6) is 17.2 Å². The van der Waals surface area contributed by atoms with Gasteiger partial charge in [0.1, 0.15) is 11.3 Å². The van der Waals surface area contributed by atoms with Crippen LogP contribution in [0.3, 0.4) is 0 Å². The lowest BCUT2D eigenvalue weighted by molar-refractivity contribution is 0.0953. The number of rotatable bonds is 8. The molecule has 0 radical (unpaired) electrons. The van der Waals surface area contributed by atoms with Crippen LogP contribution in [-0.2, 0) is 6.54 Å². The highest BCUT2D eigenvalue weighted by atomic mass is 16.5. The van der Waals surface area contributed by atoms with E-state index in [1.165, 1.54) is 16.8 Å². The number of aromatic nitrogens is 1. The van der Waals surface area contributed by atoms with Crippen LogP contribution < -0.4 is 20.5 Å². The molecule has 2 N–H and O–H groups in total. The number of benzene rings is 2. The van der Waals surface area contributed by atoms with Gasteiger partial charge in [-0.2, -0.15) is 5.10 Å². The van der Waals surface area contributed by atoms with E-state index >= 15 is 0 Å². The summed E-state index contributed by atoms with van der Waals surface area (Å²) in [6.07, 6.45) is 2.90. The summed E-state index contributed by atoms with van der Waals surface area (Å²) < 4.78 is 11.9. The van der Waals surface area contributed by atoms with Gasteiger partial charge >= 0.3 is 0 Å². The SMILES string of the molecule is CCOc1cccc(/C=N\NC(=O)c2cccn(Cc3ccc(OC)cc3)c2=O)c1O. The van der Waals surface area contributed by atoms with Gasteiger partial charge in [-0.1, -0.05) is 18.2 Å². The number of phenolic OH excluding ortho intramolecular Hbond substituents is 1. The van der Waals surface area contributed by atoms with Crippen molar-refractivity contribution in [3.63, 3.8) is 0 Å². The van der Waals surface area contributed by atoms with Gasteiger partial charge in [0.15, 0.2) is 11.5 Å². The number of nitrogens with one attached hydrogen (secondary N) is 1. The molecule has 2 aromatic carbocycles. The Morgan fingerprint density at radius 2 is 1.94 bits per heavy atom. The highest BCUT2D eigenvalue weighted by molar-refractivity contribution is 5.94. The summed E-state index contributed by atoms with van der Waals surface area (Å²) in [5.74, 6) is 0.317. The summed E-state index contributed by atoms with van der Waals surface area (Å²) in [5.41, 5.74) is 3.11. The van der Waals surface area contributed by atoms with Crippen molar-refractivity contribution in [1.29, 1.82) is 0 Å². The van der Waals surface area contributed by atoms with Crippen LogP contribution in [0.4, 0.5) is 0 Å². The normalized spacial score (nSPS) is 10.8. The largest absolute Gasteiger partial charge is 0.504 e. The molecule has 0 unspecified atom stereocenters. The molecule has 160 valence electrons. The minimum Gasteiger partial charge on any atom is -0.504 e. The number of hydrogen-bond donors (Lipinski definition) is 2. The molecule has 0 saturated carbocycles. The standard InChI is InChI=1S/C23H23N3O5/c1-3-31-20-8-4-6-17(21(20)27)14-24-25-22(28)19-7-5-13-26(23(19)29)15-16-9-11-18(30-2)12-10-16/h4-14,27H,3,15H2,1-2H3,(H,25,28)/b24-14-. The maximum absolute atomic E-state index is 12.7. The molecule has 0 aliphatic rings. The van der Waals surface area contributed by atoms with E-state index in [0.717, 1.165) is 11.3 Å². The number of aromatic hydroxyl groups is 1. The van der Waals surface area contributed by atoms with Crippen LogP contribution >= 0.6 is 0 Å². The lowest BCUT2D eigenvalue weighted by Gasteiger charge is -2.09. The summed E-state index contributed by atoms with van der Waals surface area (Å²) in [7, 11) is 1.58. The zero-order chi connectivity index (χ0) is 22.2. The Labute approximate surface area is 179 Å². The molecule has 0 aliphatic heterocycles. The van der Waals surface area contributed by atoms with Gasteiger partial charge in [-0.15, -0.1) is 0 Å². The van der Waals surface area contributed by atoms with Crippen LogP contribution in [0, 0.1) is 0 Å². The zero-order valence-corrected chi connectivity index (χ0v) is 17.2. The monoisotopic (exact) mass is 421 g/mol. The molecule has 31 heavy (non-hydrogen) atoms. The topological polar surface area (TPSA) is 102 Å². The van der Waals surface area contributed by atoms with Crippen LogP contribution in [0.1, 0.15) is 28.4 Å². The molecular formula is C23H23N3O5. The number of amides is 1. The van der Waals surface area contributed by atoms with E-state index in [2.05, 4.69) is 10.5 Å². The summed E-state index contributed by atoms with van der Waals surface area (Å²) in [6.45, 7) is 2.52. The quantitative estimate of drug-likeness (QED) is 0.430. The molecule has 1 aromatic heterocycles. The molecule has 0 saturated heterocycles. The Morgan fingerprint density at radius 1 is 1.16 bits per heavy atom. The summed E-state index contributed by atoms with van der Waals surface area (Å²) in [5, 5.41) is 14.0. The number of carbonyl (C=O) groups is 1. The van der Waals surface area contributed by atoms with Crippen molar-refractivity contribution in [3.8, 4) is 17.2 Å². The third-order valence-electron chi connectivity index (χ3n) is 4.48. The fourth-order valence-corrected chi connectivity index (χ4v) is 2.90. The van der Waals surface area contributed by atoms with Gasteiger partial charge in [0.25, 0.3) is 11.5 Å². The Hall–Kier alpha value is -4.07. The van der Waals surface area contributed by atoms with Crippen molar-refractivity contribution in [2.45, 2.75) is 13.5 Å². The number of methoxy groups -OCH3 is 1. The predicted octanol–water partition coefficient (Wildman–Crippen LogP) is 2.77. The molecule has 3 rings (SSSR count). The number of hydrogen-bond acceptors (Lipinski definition) is 6. The Kier molecular flexibility index (Phi) is 7.05. The van der Waals surface area contributed by atoms with E-state index in [4.69, 9.17) is 9.47 Å². The minimum absolute atomic E-state index is 0.0412. The number of phenols is 1. The van der Waals surface area contributed by atoms with Crippen molar-refractivity contribution in [2.75, 3.05) is 13.7 Å². The van der Waals surface area contributed by atoms with Crippen molar-refractivity contribution in [3.05, 3.63) is 87.8 Å². The number of para-hydroxylation sites is 1. The zero-order valence-electron chi connectivity index (χ0n) is 17.2. The van der Waals surface area contributed by atoms with E-state index in [1.54, 1.807) is 37.6 Å². The maximum Gasteiger partial charge on any atom is 0.276 e. The Balaban J connectivity index is 1.72. The molecule has 0 bridgehead atoms. The molecular weight excluding hydrogens is 398 g/mol. The first kappa shape index (κ1) is 21.6. The molecule has 8 heteroatoms. The molecule has 0 spiro atoms. The van der Waals surface area contributed by atoms with Crippen molar-refractivity contribution in [2.24, 2.45) is 5.10 Å². The first-order chi connectivity index (χ1) is 15.0. The lowest BCUT2D eigenvalue weighted by atomic mass is 10.2. The third-order valence-corrected chi connectivity index (χ3v) is 4.48.